The molecule has 0 saturated heterocycles. The Kier molecular flexibility index (Phi) is 5.83. The molecular weight excluding hydrogens is 348 g/mol. The third kappa shape index (κ3) is 5.18. The lowest BCUT2D eigenvalue weighted by Crippen LogP contribution is -2.50. The normalized spacial score (nSPS) is 17.6. The Morgan fingerprint density at radius 3 is 2.63 bits per heavy atom. The van der Waals surface area contributed by atoms with Crippen molar-refractivity contribution in [2.75, 3.05) is 13.2 Å². The molecule has 140 valence electrons. The summed E-state index contributed by atoms with van der Waals surface area (Å²) in [7, 11) is 0. The molecule has 1 aliphatic rings. The van der Waals surface area contributed by atoms with E-state index in [9.17, 15) is 10.1 Å². The monoisotopic (exact) mass is 368 g/mol. The molecule has 0 saturated carbocycles. The van der Waals surface area contributed by atoms with Gasteiger partial charge in [-0.25, -0.2) is 4.99 Å². The molecule has 0 fully saturated rings. The molecule has 0 aliphatic carbocycles. The average molecular weight is 368 g/mol. The Balaban J connectivity index is 1.47. The molecule has 4 N–H and O–H groups in total. The van der Waals surface area contributed by atoms with Gasteiger partial charge in [-0.15, -0.1) is 0 Å². The molecule has 2 aromatic rings. The largest absolute Gasteiger partial charge is 0.494 e. The number of nitro benzene ring substituents is 1. The maximum absolute atomic E-state index is 10.6. The van der Waals surface area contributed by atoms with Crippen LogP contribution < -0.4 is 21.1 Å². The first kappa shape index (κ1) is 18.2. The molecule has 3 rings (SSSR count). The minimum atomic E-state index is -0.443. The van der Waals surface area contributed by atoms with E-state index in [-0.39, 0.29) is 11.9 Å². The van der Waals surface area contributed by atoms with Crippen molar-refractivity contribution in [2.45, 2.75) is 12.6 Å². The second-order valence-corrected chi connectivity index (χ2v) is 5.78. The molecule has 1 aliphatic heterocycles. The summed E-state index contributed by atoms with van der Waals surface area (Å²) in [6.07, 6.45) is 0.402. The molecule has 0 amide bonds. The Hall–Kier alpha value is -3.62. The van der Waals surface area contributed by atoms with Crippen LogP contribution in [0.2, 0.25) is 0 Å². The van der Waals surface area contributed by atoms with Crippen molar-refractivity contribution < 1.29 is 9.66 Å². The molecule has 1 heterocycles. The standard InChI is InChI=1S/C18H20N6O3/c19-17-21-16(13-5-2-1-3-6-13)22-18(23-17)20-11-4-12-27-15-9-7-14(8-10-15)24(25)26/h1-3,5-10,16H,4,11-12H2,(H4,19,20,21,22,23). The summed E-state index contributed by atoms with van der Waals surface area (Å²) < 4.78 is 5.56. The van der Waals surface area contributed by atoms with Crippen LogP contribution in [0.5, 0.6) is 5.75 Å². The van der Waals surface area contributed by atoms with Gasteiger partial charge in [0.1, 0.15) is 5.75 Å². The van der Waals surface area contributed by atoms with Gasteiger partial charge in [0.15, 0.2) is 18.1 Å². The second-order valence-electron chi connectivity index (χ2n) is 5.78. The predicted octanol–water partition coefficient (Wildman–Crippen LogP) is 1.93. The van der Waals surface area contributed by atoms with Crippen LogP contribution in [0.3, 0.4) is 0 Å². The van der Waals surface area contributed by atoms with Crippen LogP contribution in [-0.2, 0) is 0 Å². The van der Waals surface area contributed by atoms with Crippen LogP contribution in [0.4, 0.5) is 5.69 Å². The number of nitro groups is 1. The fraction of sp³-hybridized carbons (Fsp3) is 0.222. The molecule has 0 radical (unpaired) electrons. The van der Waals surface area contributed by atoms with Crippen molar-refractivity contribution in [3.05, 3.63) is 70.3 Å². The molecule has 1 atom stereocenters. The zero-order valence-electron chi connectivity index (χ0n) is 14.5. The smallest absolute Gasteiger partial charge is 0.269 e. The van der Waals surface area contributed by atoms with Gasteiger partial charge in [-0.05, 0) is 17.7 Å². The van der Waals surface area contributed by atoms with Crippen molar-refractivity contribution >= 4 is 17.6 Å². The molecule has 1 unspecified atom stereocenters. The second kappa shape index (κ2) is 8.65. The van der Waals surface area contributed by atoms with Crippen LogP contribution in [0.15, 0.2) is 64.6 Å². The van der Waals surface area contributed by atoms with Crippen molar-refractivity contribution in [1.82, 2.24) is 10.6 Å². The molecule has 0 bridgehead atoms. The highest BCUT2D eigenvalue weighted by atomic mass is 16.6. The molecule has 9 nitrogen and oxygen atoms in total. The van der Waals surface area contributed by atoms with Crippen molar-refractivity contribution in [1.29, 1.82) is 0 Å². The number of hydrogen-bond donors (Lipinski definition) is 3. The van der Waals surface area contributed by atoms with Gasteiger partial charge in [-0.3, -0.25) is 20.4 Å². The highest BCUT2D eigenvalue weighted by Crippen LogP contribution is 2.17. The minimum Gasteiger partial charge on any atom is -0.494 e. The van der Waals surface area contributed by atoms with Crippen LogP contribution in [0, 0.1) is 10.1 Å². The number of ether oxygens (including phenoxy) is 1. The number of aliphatic imine (C=N–C) groups is 2. The molecule has 2 aromatic carbocycles. The molecule has 9 heteroatoms. The Morgan fingerprint density at radius 2 is 1.93 bits per heavy atom. The predicted molar refractivity (Wildman–Crippen MR) is 103 cm³/mol. The Morgan fingerprint density at radius 1 is 1.19 bits per heavy atom. The Bertz CT molecular complexity index is 836. The molecule has 0 aromatic heterocycles. The van der Waals surface area contributed by atoms with E-state index in [1.54, 1.807) is 12.1 Å². The number of rotatable bonds is 7. The van der Waals surface area contributed by atoms with E-state index < -0.39 is 4.92 Å². The Labute approximate surface area is 156 Å². The third-order valence-corrected chi connectivity index (χ3v) is 3.79. The van der Waals surface area contributed by atoms with E-state index in [0.29, 0.717) is 37.2 Å². The van der Waals surface area contributed by atoms with Crippen LogP contribution >= 0.6 is 0 Å². The molecule has 27 heavy (non-hydrogen) atoms. The number of non-ortho nitro benzene ring substituents is 1. The van der Waals surface area contributed by atoms with Gasteiger partial charge in [0, 0.05) is 25.1 Å². The van der Waals surface area contributed by atoms with E-state index >= 15 is 0 Å². The van der Waals surface area contributed by atoms with Crippen LogP contribution in [0.25, 0.3) is 0 Å². The van der Waals surface area contributed by atoms with Gasteiger partial charge < -0.3 is 15.8 Å². The third-order valence-electron chi connectivity index (χ3n) is 3.79. The summed E-state index contributed by atoms with van der Waals surface area (Å²) in [6.45, 7) is 0.970. The number of benzene rings is 2. The van der Waals surface area contributed by atoms with E-state index in [4.69, 9.17) is 10.5 Å². The number of nitrogens with one attached hydrogen (secondary N) is 2. The summed E-state index contributed by atoms with van der Waals surface area (Å²) in [6, 6.07) is 15.7. The fourth-order valence-corrected chi connectivity index (χ4v) is 2.48. The number of nitrogens with zero attached hydrogens (tertiary/aromatic N) is 3. The summed E-state index contributed by atoms with van der Waals surface area (Å²) >= 11 is 0. The summed E-state index contributed by atoms with van der Waals surface area (Å²) in [5.74, 6) is 1.46. The van der Waals surface area contributed by atoms with Gasteiger partial charge in [0.2, 0.25) is 0 Å². The first-order valence-corrected chi connectivity index (χ1v) is 8.45. The van der Waals surface area contributed by atoms with E-state index in [2.05, 4.69) is 20.6 Å². The topological polar surface area (TPSA) is 127 Å². The average Bonchev–Trinajstić information content (AvgIpc) is 2.68. The summed E-state index contributed by atoms with van der Waals surface area (Å²) in [5, 5.41) is 16.7. The fourth-order valence-electron chi connectivity index (χ4n) is 2.48. The highest BCUT2D eigenvalue weighted by Gasteiger charge is 2.17. The van der Waals surface area contributed by atoms with Gasteiger partial charge >= 0.3 is 0 Å². The summed E-state index contributed by atoms with van der Waals surface area (Å²) in [4.78, 5) is 18.9. The molecule has 0 spiro atoms. The minimum absolute atomic E-state index is 0.0374. The van der Waals surface area contributed by atoms with Crippen molar-refractivity contribution in [3.63, 3.8) is 0 Å². The van der Waals surface area contributed by atoms with E-state index in [1.165, 1.54) is 12.1 Å². The highest BCUT2D eigenvalue weighted by molar-refractivity contribution is 5.99. The van der Waals surface area contributed by atoms with Gasteiger partial charge in [0.25, 0.3) is 5.69 Å². The maximum Gasteiger partial charge on any atom is 0.269 e. The van der Waals surface area contributed by atoms with Crippen molar-refractivity contribution in [3.8, 4) is 5.75 Å². The molecular formula is C18H20N6O3. The van der Waals surface area contributed by atoms with Gasteiger partial charge in [-0.2, -0.15) is 0 Å². The number of guanidine groups is 2. The zero-order valence-corrected chi connectivity index (χ0v) is 14.5. The lowest BCUT2D eigenvalue weighted by molar-refractivity contribution is -0.384. The SMILES string of the molecule is NC1=NC(c2ccccc2)NC(=NCCCOc2ccc([N+](=O)[O-])cc2)N1. The van der Waals surface area contributed by atoms with Crippen molar-refractivity contribution in [2.24, 2.45) is 15.7 Å². The lowest BCUT2D eigenvalue weighted by Gasteiger charge is -2.24. The first-order chi connectivity index (χ1) is 13.1. The van der Waals surface area contributed by atoms with Gasteiger partial charge in [-0.1, -0.05) is 30.3 Å². The number of nitrogens with two attached hydrogens (primary N) is 1. The zero-order chi connectivity index (χ0) is 19.1. The first-order valence-electron chi connectivity index (χ1n) is 8.45. The maximum atomic E-state index is 10.6. The quantitative estimate of drug-likeness (QED) is 0.389. The van der Waals surface area contributed by atoms with Gasteiger partial charge in [0.05, 0.1) is 11.5 Å². The number of hydrogen-bond acceptors (Lipinski definition) is 6. The van der Waals surface area contributed by atoms with E-state index in [0.717, 1.165) is 5.56 Å². The van der Waals surface area contributed by atoms with E-state index in [1.807, 2.05) is 30.3 Å². The van der Waals surface area contributed by atoms with Crippen LogP contribution in [0.1, 0.15) is 18.2 Å². The summed E-state index contributed by atoms with van der Waals surface area (Å²) in [5.41, 5.74) is 6.87. The lowest BCUT2D eigenvalue weighted by atomic mass is 10.2. The van der Waals surface area contributed by atoms with Crippen LogP contribution in [-0.4, -0.2) is 30.0 Å².